The summed E-state index contributed by atoms with van der Waals surface area (Å²) in [4.78, 5) is 26.3. The number of ketones is 1. The number of anilines is 3. The fourth-order valence-corrected chi connectivity index (χ4v) is 4.80. The highest BCUT2D eigenvalue weighted by Crippen LogP contribution is 2.39. The van der Waals surface area contributed by atoms with Gasteiger partial charge in [0.1, 0.15) is 11.6 Å². The van der Waals surface area contributed by atoms with E-state index in [1.165, 1.54) is 36.2 Å². The molecule has 1 aliphatic heterocycles. The van der Waals surface area contributed by atoms with Gasteiger partial charge in [-0.3, -0.25) is 14.8 Å². The third-order valence-electron chi connectivity index (χ3n) is 7.14. The van der Waals surface area contributed by atoms with Gasteiger partial charge in [0.2, 0.25) is 5.95 Å². The summed E-state index contributed by atoms with van der Waals surface area (Å²) in [5.41, 5.74) is 3.40. The van der Waals surface area contributed by atoms with Gasteiger partial charge >= 0.3 is 0 Å². The van der Waals surface area contributed by atoms with E-state index in [2.05, 4.69) is 48.5 Å². The van der Waals surface area contributed by atoms with Gasteiger partial charge in [-0.15, -0.1) is 0 Å². The van der Waals surface area contributed by atoms with Gasteiger partial charge in [0.15, 0.2) is 11.6 Å². The van der Waals surface area contributed by atoms with Crippen molar-refractivity contribution in [1.82, 2.24) is 25.1 Å². The number of hydrogen-bond acceptors (Lipinski definition) is 7. The van der Waals surface area contributed by atoms with Crippen molar-refractivity contribution in [3.8, 4) is 0 Å². The van der Waals surface area contributed by atoms with Crippen molar-refractivity contribution in [2.75, 3.05) is 36.4 Å². The molecule has 6 rings (SSSR count). The van der Waals surface area contributed by atoms with Crippen LogP contribution in [0.2, 0.25) is 0 Å². The van der Waals surface area contributed by atoms with E-state index in [1.807, 2.05) is 18.2 Å². The number of carbonyl (C=O) groups is 1. The third-order valence-corrected chi connectivity index (χ3v) is 7.14. The zero-order valence-corrected chi connectivity index (χ0v) is 21.1. The number of rotatable bonds is 9. The zero-order valence-electron chi connectivity index (χ0n) is 21.1. The van der Waals surface area contributed by atoms with Crippen LogP contribution in [0.1, 0.15) is 45.9 Å². The summed E-state index contributed by atoms with van der Waals surface area (Å²) in [5, 5.41) is 10.7. The van der Waals surface area contributed by atoms with Crippen LogP contribution in [0.5, 0.6) is 0 Å². The van der Waals surface area contributed by atoms with E-state index in [-0.39, 0.29) is 17.8 Å². The number of nitrogens with one attached hydrogen (secondary N) is 2. The van der Waals surface area contributed by atoms with Crippen molar-refractivity contribution in [3.05, 3.63) is 95.1 Å². The van der Waals surface area contributed by atoms with Crippen LogP contribution in [-0.2, 0) is 13.0 Å². The van der Waals surface area contributed by atoms with E-state index < -0.39 is 5.82 Å². The van der Waals surface area contributed by atoms with Gasteiger partial charge < -0.3 is 10.2 Å². The largest absolute Gasteiger partial charge is 0.338 e. The lowest BCUT2D eigenvalue weighted by molar-refractivity contribution is 0.0989. The molecule has 1 saturated heterocycles. The SMILES string of the molecule is O=C(Cc1ccc(CN2CCN(c3nccc(Nc4cc(C5CC5)[nH]n4)n3)CC2)cc1)c1ccccc1F. The summed E-state index contributed by atoms with van der Waals surface area (Å²) in [7, 11) is 0. The molecule has 8 nitrogen and oxygen atoms in total. The summed E-state index contributed by atoms with van der Waals surface area (Å²) in [6.07, 6.45) is 4.43. The Morgan fingerprint density at radius 2 is 1.74 bits per heavy atom. The molecule has 0 spiro atoms. The molecule has 4 aromatic rings. The number of aromatic nitrogens is 4. The van der Waals surface area contributed by atoms with Crippen LogP contribution in [-0.4, -0.2) is 57.0 Å². The van der Waals surface area contributed by atoms with Crippen LogP contribution in [0.25, 0.3) is 0 Å². The first kappa shape index (κ1) is 24.2. The first-order valence-electron chi connectivity index (χ1n) is 13.1. The van der Waals surface area contributed by atoms with Crippen molar-refractivity contribution in [3.63, 3.8) is 0 Å². The molecule has 2 aromatic heterocycles. The first-order chi connectivity index (χ1) is 18.6. The van der Waals surface area contributed by atoms with Crippen LogP contribution in [0.15, 0.2) is 66.9 Å². The Morgan fingerprint density at radius 1 is 0.974 bits per heavy atom. The van der Waals surface area contributed by atoms with Crippen LogP contribution in [0.3, 0.4) is 0 Å². The third kappa shape index (κ3) is 5.73. The number of benzene rings is 2. The van der Waals surface area contributed by atoms with Gasteiger partial charge in [0.05, 0.1) is 5.56 Å². The highest BCUT2D eigenvalue weighted by atomic mass is 19.1. The van der Waals surface area contributed by atoms with Crippen LogP contribution >= 0.6 is 0 Å². The number of aromatic amines is 1. The molecule has 2 aromatic carbocycles. The number of H-pyrrole nitrogens is 1. The Morgan fingerprint density at radius 3 is 2.50 bits per heavy atom. The maximum Gasteiger partial charge on any atom is 0.227 e. The highest BCUT2D eigenvalue weighted by molar-refractivity contribution is 5.97. The van der Waals surface area contributed by atoms with Crippen LogP contribution < -0.4 is 10.2 Å². The average Bonchev–Trinajstić information content (AvgIpc) is 3.69. The number of piperazine rings is 1. The van der Waals surface area contributed by atoms with E-state index in [0.717, 1.165) is 55.9 Å². The second-order valence-electron chi connectivity index (χ2n) is 10.0. The maximum absolute atomic E-state index is 13.9. The molecule has 0 unspecified atom stereocenters. The number of hydrogen-bond donors (Lipinski definition) is 2. The molecule has 2 aliphatic rings. The quantitative estimate of drug-likeness (QED) is 0.315. The Labute approximate surface area is 220 Å². The van der Waals surface area contributed by atoms with Crippen molar-refractivity contribution < 1.29 is 9.18 Å². The predicted octanol–water partition coefficient (Wildman–Crippen LogP) is 4.71. The Balaban J connectivity index is 0.999. The fraction of sp³-hybridized carbons (Fsp3) is 0.310. The molecule has 0 radical (unpaired) electrons. The Bertz CT molecular complexity index is 1410. The van der Waals surface area contributed by atoms with E-state index in [0.29, 0.717) is 5.92 Å². The molecule has 0 atom stereocenters. The standard InChI is InChI=1S/C29H30FN7O/c30-24-4-2-1-3-23(24)26(38)17-20-5-7-21(8-6-20)19-36-13-15-37(16-14-36)29-31-12-11-27(33-29)32-28-18-25(34-35-28)22-9-10-22/h1-8,11-12,18,22H,9-10,13-17,19H2,(H2,31,32,33,34,35). The van der Waals surface area contributed by atoms with E-state index in [1.54, 1.807) is 18.3 Å². The minimum absolute atomic E-state index is 0.142. The maximum atomic E-state index is 13.9. The van der Waals surface area contributed by atoms with Crippen molar-refractivity contribution in [2.45, 2.75) is 31.7 Å². The van der Waals surface area contributed by atoms with Gasteiger partial charge in [0, 0.05) is 63.0 Å². The average molecular weight is 512 g/mol. The zero-order chi connectivity index (χ0) is 25.9. The summed E-state index contributed by atoms with van der Waals surface area (Å²) in [6.45, 7) is 4.32. The lowest BCUT2D eigenvalue weighted by Gasteiger charge is -2.34. The lowest BCUT2D eigenvalue weighted by Crippen LogP contribution is -2.46. The molecule has 194 valence electrons. The minimum atomic E-state index is -0.471. The normalized spacial score (nSPS) is 16.0. The molecule has 0 bridgehead atoms. The topological polar surface area (TPSA) is 90.0 Å². The number of halogens is 1. The summed E-state index contributed by atoms with van der Waals surface area (Å²) in [5.74, 6) is 2.19. The summed E-state index contributed by atoms with van der Waals surface area (Å²) < 4.78 is 13.9. The molecule has 38 heavy (non-hydrogen) atoms. The van der Waals surface area contributed by atoms with Crippen LogP contribution in [0.4, 0.5) is 22.0 Å². The number of carbonyl (C=O) groups excluding carboxylic acids is 1. The monoisotopic (exact) mass is 511 g/mol. The van der Waals surface area contributed by atoms with Crippen molar-refractivity contribution in [1.29, 1.82) is 0 Å². The molecular weight excluding hydrogens is 481 g/mol. The second-order valence-corrected chi connectivity index (χ2v) is 10.0. The van der Waals surface area contributed by atoms with Crippen molar-refractivity contribution in [2.24, 2.45) is 0 Å². The lowest BCUT2D eigenvalue weighted by atomic mass is 10.0. The van der Waals surface area contributed by atoms with Gasteiger partial charge in [-0.25, -0.2) is 9.37 Å². The van der Waals surface area contributed by atoms with Crippen molar-refractivity contribution >= 4 is 23.4 Å². The number of Topliss-reactive ketones (excluding diaryl/α,β-unsaturated/α-hetero) is 1. The Hall–Kier alpha value is -4.11. The van der Waals surface area contributed by atoms with E-state index in [9.17, 15) is 9.18 Å². The molecule has 3 heterocycles. The summed E-state index contributed by atoms with van der Waals surface area (Å²) in [6, 6.07) is 18.1. The minimum Gasteiger partial charge on any atom is -0.338 e. The summed E-state index contributed by atoms with van der Waals surface area (Å²) >= 11 is 0. The molecule has 1 aliphatic carbocycles. The molecule has 2 fully saturated rings. The molecule has 2 N–H and O–H groups in total. The van der Waals surface area contributed by atoms with Gasteiger partial charge in [-0.2, -0.15) is 10.1 Å². The Kier molecular flexibility index (Phi) is 6.83. The molecule has 9 heteroatoms. The molecule has 1 saturated carbocycles. The molecular formula is C29H30FN7O. The predicted molar refractivity (Wildman–Crippen MR) is 144 cm³/mol. The van der Waals surface area contributed by atoms with E-state index >= 15 is 0 Å². The highest BCUT2D eigenvalue weighted by Gasteiger charge is 2.25. The molecule has 0 amide bonds. The van der Waals surface area contributed by atoms with E-state index in [4.69, 9.17) is 4.98 Å². The smallest absolute Gasteiger partial charge is 0.227 e. The first-order valence-corrected chi connectivity index (χ1v) is 13.1. The van der Waals surface area contributed by atoms with Gasteiger partial charge in [-0.05, 0) is 42.2 Å². The second kappa shape index (κ2) is 10.7. The fourth-order valence-electron chi connectivity index (χ4n) is 4.80. The number of nitrogens with zero attached hydrogens (tertiary/aromatic N) is 5. The van der Waals surface area contributed by atoms with Gasteiger partial charge in [0.25, 0.3) is 0 Å². The van der Waals surface area contributed by atoms with Gasteiger partial charge in [-0.1, -0.05) is 36.4 Å². The van der Waals surface area contributed by atoms with Crippen LogP contribution in [0, 0.1) is 5.82 Å².